The molecule has 0 aromatic heterocycles. The molecule has 1 heterocycles. The van der Waals surface area contributed by atoms with Gasteiger partial charge in [-0.2, -0.15) is 0 Å². The number of nitrogens with one attached hydrogen (secondary N) is 1. The molecule has 0 aliphatic carbocycles. The average Bonchev–Trinajstić information content (AvgIpc) is 2.56. The molecule has 0 aromatic rings. The van der Waals surface area contributed by atoms with Crippen LogP contribution in [0.2, 0.25) is 0 Å². The Balaban J connectivity index is 3.37. The number of esters is 4. The molecule has 0 bridgehead atoms. The number of carbonyl (C=O) groups excluding carboxylic acids is 5. The molecule has 1 rings (SSSR count). The van der Waals surface area contributed by atoms with Gasteiger partial charge in [0.25, 0.3) is 9.70 Å². The van der Waals surface area contributed by atoms with Crippen molar-refractivity contribution in [2.45, 2.75) is 62.1 Å². The molecule has 1 fully saturated rings. The minimum atomic E-state index is -2.40. The molecule has 5 atom stereocenters. The second-order valence-electron chi connectivity index (χ2n) is 6.09. The molecule has 14 heteroatoms. The number of carbonyl (C=O) groups is 5. The van der Waals surface area contributed by atoms with Gasteiger partial charge < -0.3 is 29.0 Å². The molecule has 1 N–H and O–H groups in total. The first-order valence-corrected chi connectivity index (χ1v) is 9.54. The molecule has 170 valence electrons. The molecule has 0 radical (unpaired) electrons. The number of rotatable bonds is 6. The molecule has 0 aromatic carbocycles. The first kappa shape index (κ1) is 26.2. The molecule has 1 saturated heterocycles. The molecular formula is C16H20Cl3NO10. The average molecular weight is 493 g/mol. The summed E-state index contributed by atoms with van der Waals surface area (Å²) >= 11 is 16.6. The van der Waals surface area contributed by atoms with Crippen LogP contribution in [0.4, 0.5) is 0 Å². The molecular weight excluding hydrogens is 473 g/mol. The van der Waals surface area contributed by atoms with E-state index in [0.29, 0.717) is 0 Å². The lowest BCUT2D eigenvalue weighted by Gasteiger charge is -2.44. The van der Waals surface area contributed by atoms with Crippen molar-refractivity contribution in [1.82, 2.24) is 5.32 Å². The van der Waals surface area contributed by atoms with E-state index in [0.717, 1.165) is 27.7 Å². The summed E-state index contributed by atoms with van der Waals surface area (Å²) in [6.45, 7) is 3.84. The highest BCUT2D eigenvalue weighted by atomic mass is 35.6. The second kappa shape index (κ2) is 11.0. The van der Waals surface area contributed by atoms with Gasteiger partial charge in [0.05, 0.1) is 0 Å². The highest BCUT2D eigenvalue weighted by Gasteiger charge is 2.53. The van der Waals surface area contributed by atoms with Crippen LogP contribution in [0.15, 0.2) is 0 Å². The topological polar surface area (TPSA) is 144 Å². The zero-order chi connectivity index (χ0) is 23.2. The largest absolute Gasteiger partial charge is 0.463 e. The van der Waals surface area contributed by atoms with Crippen LogP contribution >= 0.6 is 34.8 Å². The van der Waals surface area contributed by atoms with Gasteiger partial charge >= 0.3 is 23.9 Å². The highest BCUT2D eigenvalue weighted by Crippen LogP contribution is 2.31. The Morgan fingerprint density at radius 3 is 1.70 bits per heavy atom. The van der Waals surface area contributed by atoms with Crippen LogP contribution in [0, 0.1) is 0 Å². The fourth-order valence-corrected chi connectivity index (χ4v) is 2.72. The van der Waals surface area contributed by atoms with E-state index in [1.165, 1.54) is 0 Å². The maximum atomic E-state index is 12.1. The van der Waals surface area contributed by atoms with Crippen LogP contribution in [-0.4, -0.2) is 70.8 Å². The predicted octanol–water partition coefficient (Wildman–Crippen LogP) is 0.556. The molecule has 1 aliphatic heterocycles. The van der Waals surface area contributed by atoms with Crippen molar-refractivity contribution in [1.29, 1.82) is 0 Å². The second-order valence-corrected chi connectivity index (χ2v) is 8.37. The fourth-order valence-electron chi connectivity index (χ4n) is 2.56. The third kappa shape index (κ3) is 8.13. The third-order valence-electron chi connectivity index (χ3n) is 3.52. The third-order valence-corrected chi connectivity index (χ3v) is 4.04. The molecule has 1 aliphatic rings. The van der Waals surface area contributed by atoms with Crippen molar-refractivity contribution < 1.29 is 47.7 Å². The number of ether oxygens (including phenoxy) is 5. The number of hydrogen-bond donors (Lipinski definition) is 1. The molecule has 11 nitrogen and oxygen atoms in total. The van der Waals surface area contributed by atoms with E-state index in [1.807, 2.05) is 0 Å². The standard InChI is InChI=1S/C16H20Cl3NO10/c1-6(21)26-5-10-11(27-7(2)22)12(28-8(3)23)13(29-9(4)24)14(30-10)20-15(25)16(17,18)19/h10-14H,5H2,1-4H3,(H,20,25)/t10-,11+,12+,13-,14-/m1/s1. The quantitative estimate of drug-likeness (QED) is 0.317. The highest BCUT2D eigenvalue weighted by molar-refractivity contribution is 6.76. The monoisotopic (exact) mass is 491 g/mol. The van der Waals surface area contributed by atoms with Crippen molar-refractivity contribution in [2.24, 2.45) is 0 Å². The SMILES string of the molecule is CC(=O)OC[C@H]1O[C@@H](NC(=O)C(Cl)(Cl)Cl)[C@H](OC(C)=O)[C@@H](OC(C)=O)[C@H]1OC(C)=O. The Labute approximate surface area is 186 Å². The van der Waals surface area contributed by atoms with E-state index in [2.05, 4.69) is 5.32 Å². The molecule has 30 heavy (non-hydrogen) atoms. The van der Waals surface area contributed by atoms with E-state index in [-0.39, 0.29) is 0 Å². The van der Waals surface area contributed by atoms with E-state index in [9.17, 15) is 24.0 Å². The van der Waals surface area contributed by atoms with Gasteiger partial charge in [-0.25, -0.2) is 0 Å². The van der Waals surface area contributed by atoms with Crippen molar-refractivity contribution in [2.75, 3.05) is 6.61 Å². The maximum absolute atomic E-state index is 12.1. The van der Waals surface area contributed by atoms with Crippen LogP contribution in [0.5, 0.6) is 0 Å². The van der Waals surface area contributed by atoms with Crippen molar-refractivity contribution in [3.63, 3.8) is 0 Å². The van der Waals surface area contributed by atoms with Gasteiger partial charge in [-0.15, -0.1) is 0 Å². The Kier molecular flexibility index (Phi) is 9.60. The minimum Gasteiger partial charge on any atom is -0.463 e. The van der Waals surface area contributed by atoms with Gasteiger partial charge in [-0.05, 0) is 0 Å². The zero-order valence-electron chi connectivity index (χ0n) is 16.3. The van der Waals surface area contributed by atoms with Gasteiger partial charge in [0, 0.05) is 27.7 Å². The van der Waals surface area contributed by atoms with E-state index in [1.54, 1.807) is 0 Å². The van der Waals surface area contributed by atoms with Crippen molar-refractivity contribution in [3.05, 3.63) is 0 Å². The molecule has 0 saturated carbocycles. The zero-order valence-corrected chi connectivity index (χ0v) is 18.6. The summed E-state index contributed by atoms with van der Waals surface area (Å²) in [6.07, 6.45) is -7.08. The van der Waals surface area contributed by atoms with E-state index in [4.69, 9.17) is 58.5 Å². The number of halogens is 3. The summed E-state index contributed by atoms with van der Waals surface area (Å²) < 4.78 is 23.6. The summed E-state index contributed by atoms with van der Waals surface area (Å²) in [7, 11) is 0. The van der Waals surface area contributed by atoms with Gasteiger partial charge in [-0.3, -0.25) is 24.0 Å². The van der Waals surface area contributed by atoms with E-state index < -0.39 is 70.8 Å². The van der Waals surface area contributed by atoms with Crippen molar-refractivity contribution in [3.8, 4) is 0 Å². The Bertz CT molecular complexity index is 695. The first-order chi connectivity index (χ1) is 13.7. The summed E-state index contributed by atoms with van der Waals surface area (Å²) in [6, 6.07) is 0. The van der Waals surface area contributed by atoms with Gasteiger partial charge in [0.15, 0.2) is 24.5 Å². The number of amides is 1. The van der Waals surface area contributed by atoms with Gasteiger partial charge in [0.1, 0.15) is 12.7 Å². The summed E-state index contributed by atoms with van der Waals surface area (Å²) in [5, 5.41) is 2.20. The Hall–Kier alpha value is -1.82. The maximum Gasteiger partial charge on any atom is 0.303 e. The summed E-state index contributed by atoms with van der Waals surface area (Å²) in [4.78, 5) is 58.2. The Morgan fingerprint density at radius 1 is 0.800 bits per heavy atom. The van der Waals surface area contributed by atoms with Crippen LogP contribution in [0.3, 0.4) is 0 Å². The lowest BCUT2D eigenvalue weighted by Crippen LogP contribution is -2.66. The summed E-state index contributed by atoms with van der Waals surface area (Å²) in [5.41, 5.74) is 0. The van der Waals surface area contributed by atoms with Crippen molar-refractivity contribution >= 4 is 64.6 Å². The number of alkyl halides is 3. The lowest BCUT2D eigenvalue weighted by molar-refractivity contribution is -0.256. The molecule has 0 spiro atoms. The summed E-state index contributed by atoms with van der Waals surface area (Å²) in [5.74, 6) is -4.29. The first-order valence-electron chi connectivity index (χ1n) is 8.40. The number of hydrogen-bond acceptors (Lipinski definition) is 10. The molecule has 0 unspecified atom stereocenters. The van der Waals surface area contributed by atoms with E-state index >= 15 is 0 Å². The lowest BCUT2D eigenvalue weighted by atomic mass is 9.97. The minimum absolute atomic E-state index is 0.460. The van der Waals surface area contributed by atoms with Crippen LogP contribution in [-0.2, 0) is 47.7 Å². The fraction of sp³-hybridized carbons (Fsp3) is 0.688. The van der Waals surface area contributed by atoms with Crippen LogP contribution in [0.25, 0.3) is 0 Å². The predicted molar refractivity (Wildman–Crippen MR) is 100 cm³/mol. The van der Waals surface area contributed by atoms with Gasteiger partial charge in [-0.1, -0.05) is 34.8 Å². The normalized spacial score (nSPS) is 26.2. The van der Waals surface area contributed by atoms with Gasteiger partial charge in [0.2, 0.25) is 0 Å². The van der Waals surface area contributed by atoms with Crippen LogP contribution < -0.4 is 5.32 Å². The Morgan fingerprint density at radius 2 is 1.27 bits per heavy atom. The van der Waals surface area contributed by atoms with Crippen LogP contribution in [0.1, 0.15) is 27.7 Å². The smallest absolute Gasteiger partial charge is 0.303 e. The molecule has 1 amide bonds.